The van der Waals surface area contributed by atoms with Crippen molar-refractivity contribution in [3.63, 3.8) is 0 Å². The van der Waals surface area contributed by atoms with Gasteiger partial charge in [-0.1, -0.05) is 54.6 Å². The first-order valence-electron chi connectivity index (χ1n) is 9.16. The van der Waals surface area contributed by atoms with Crippen LogP contribution >= 0.6 is 0 Å². The van der Waals surface area contributed by atoms with Crippen LogP contribution in [0.5, 0.6) is 0 Å². The van der Waals surface area contributed by atoms with E-state index in [0.717, 1.165) is 16.7 Å². The maximum atomic E-state index is 13.1. The highest BCUT2D eigenvalue weighted by atomic mass is 16.5. The van der Waals surface area contributed by atoms with Crippen LogP contribution in [-0.2, 0) is 33.9 Å². The molecule has 1 aliphatic rings. The van der Waals surface area contributed by atoms with Gasteiger partial charge < -0.3 is 10.1 Å². The Kier molecular flexibility index (Phi) is 5.33. The molecule has 5 nitrogen and oxygen atoms in total. The normalized spacial score (nSPS) is 19.1. The molecule has 0 saturated carbocycles. The number of carbonyl (C=O) groups excluding carboxylic acids is 2. The fourth-order valence-electron chi connectivity index (χ4n) is 3.19. The highest BCUT2D eigenvalue weighted by Gasteiger charge is 2.50. The number of nitrogens with one attached hydrogen (secondary N) is 2. The van der Waals surface area contributed by atoms with E-state index in [-0.39, 0.29) is 18.9 Å². The Bertz CT molecular complexity index is 827. The lowest BCUT2D eigenvalue weighted by molar-refractivity contribution is -0.158. The van der Waals surface area contributed by atoms with E-state index in [2.05, 4.69) is 10.6 Å². The molecule has 0 spiro atoms. The van der Waals surface area contributed by atoms with Gasteiger partial charge in [-0.25, -0.2) is 4.79 Å². The highest BCUT2D eigenvalue weighted by Crippen LogP contribution is 2.26. The summed E-state index contributed by atoms with van der Waals surface area (Å²) in [4.78, 5) is 26.2. The second-order valence-corrected chi connectivity index (χ2v) is 7.97. The largest absolute Gasteiger partial charge is 0.459 e. The first kappa shape index (κ1) is 19.1. The molecule has 3 rings (SSSR count). The molecular weight excluding hydrogens is 340 g/mol. The molecule has 5 heteroatoms. The highest BCUT2D eigenvalue weighted by molar-refractivity contribution is 6.08. The summed E-state index contributed by atoms with van der Waals surface area (Å²) in [6.07, 6.45) is 0.263. The van der Waals surface area contributed by atoms with Crippen molar-refractivity contribution in [1.29, 1.82) is 0 Å². The van der Waals surface area contributed by atoms with Gasteiger partial charge in [0.05, 0.1) is 0 Å². The number of fused-ring (bicyclic) bond motifs is 1. The van der Waals surface area contributed by atoms with Gasteiger partial charge in [0.15, 0.2) is 0 Å². The third-order valence-corrected chi connectivity index (χ3v) is 4.59. The Morgan fingerprint density at radius 3 is 2.33 bits per heavy atom. The standard InChI is InChI=1S/C22H26N2O3/c1-21(2,3)24-19(25)22(13-17-11-7-8-12-18(17)14-23-22)20(26)27-15-16-9-5-4-6-10-16/h4-12,23H,13-15H2,1-3H3,(H,24,25). The molecular formula is C22H26N2O3. The van der Waals surface area contributed by atoms with Gasteiger partial charge >= 0.3 is 5.97 Å². The summed E-state index contributed by atoms with van der Waals surface area (Å²) in [6, 6.07) is 17.3. The van der Waals surface area contributed by atoms with Crippen molar-refractivity contribution >= 4 is 11.9 Å². The Hall–Kier alpha value is -2.66. The molecule has 2 N–H and O–H groups in total. The fraction of sp³-hybridized carbons (Fsp3) is 0.364. The van der Waals surface area contributed by atoms with Gasteiger partial charge in [0.2, 0.25) is 5.54 Å². The lowest BCUT2D eigenvalue weighted by Crippen LogP contribution is -2.67. The van der Waals surface area contributed by atoms with Crippen molar-refractivity contribution in [3.8, 4) is 0 Å². The van der Waals surface area contributed by atoms with E-state index in [1.165, 1.54) is 0 Å². The van der Waals surface area contributed by atoms with Crippen molar-refractivity contribution in [3.05, 3.63) is 71.3 Å². The van der Waals surface area contributed by atoms with Gasteiger partial charge in [0, 0.05) is 18.5 Å². The number of hydrogen-bond acceptors (Lipinski definition) is 4. The van der Waals surface area contributed by atoms with Crippen LogP contribution in [0.2, 0.25) is 0 Å². The van der Waals surface area contributed by atoms with Crippen LogP contribution in [0.25, 0.3) is 0 Å². The third-order valence-electron chi connectivity index (χ3n) is 4.59. The molecule has 1 heterocycles. The van der Waals surface area contributed by atoms with Gasteiger partial charge in [-0.05, 0) is 37.5 Å². The molecule has 142 valence electrons. The molecule has 27 heavy (non-hydrogen) atoms. The molecule has 0 aliphatic carbocycles. The van der Waals surface area contributed by atoms with Crippen LogP contribution in [-0.4, -0.2) is 23.0 Å². The zero-order valence-corrected chi connectivity index (χ0v) is 16.0. The predicted octanol–water partition coefficient (Wildman–Crippen LogP) is 2.73. The second kappa shape index (κ2) is 7.53. The van der Waals surface area contributed by atoms with E-state index in [1.54, 1.807) is 0 Å². The maximum absolute atomic E-state index is 13.1. The Morgan fingerprint density at radius 1 is 1.04 bits per heavy atom. The first-order chi connectivity index (χ1) is 12.8. The van der Waals surface area contributed by atoms with Crippen LogP contribution in [0.3, 0.4) is 0 Å². The van der Waals surface area contributed by atoms with Crippen LogP contribution in [0, 0.1) is 0 Å². The van der Waals surface area contributed by atoms with E-state index in [1.807, 2.05) is 75.4 Å². The maximum Gasteiger partial charge on any atom is 0.336 e. The fourth-order valence-corrected chi connectivity index (χ4v) is 3.19. The lowest BCUT2D eigenvalue weighted by atomic mass is 9.83. The van der Waals surface area contributed by atoms with Crippen molar-refractivity contribution < 1.29 is 14.3 Å². The van der Waals surface area contributed by atoms with Crippen LogP contribution < -0.4 is 10.6 Å². The zero-order chi connectivity index (χ0) is 19.5. The van der Waals surface area contributed by atoms with E-state index >= 15 is 0 Å². The first-order valence-corrected chi connectivity index (χ1v) is 9.16. The Labute approximate surface area is 160 Å². The van der Waals surface area contributed by atoms with Crippen molar-refractivity contribution in [2.24, 2.45) is 0 Å². The number of rotatable bonds is 4. The SMILES string of the molecule is CC(C)(C)NC(=O)C1(C(=O)OCc2ccccc2)Cc2ccccc2CN1. The molecule has 0 aromatic heterocycles. The minimum Gasteiger partial charge on any atom is -0.459 e. The van der Waals surface area contributed by atoms with E-state index < -0.39 is 17.0 Å². The summed E-state index contributed by atoms with van der Waals surface area (Å²) in [5.74, 6) is -0.912. The molecule has 1 unspecified atom stereocenters. The zero-order valence-electron chi connectivity index (χ0n) is 16.0. The van der Waals surface area contributed by atoms with Crippen molar-refractivity contribution in [2.75, 3.05) is 0 Å². The predicted molar refractivity (Wildman–Crippen MR) is 104 cm³/mol. The van der Waals surface area contributed by atoms with Gasteiger partial charge in [0.1, 0.15) is 6.61 Å². The minimum absolute atomic E-state index is 0.132. The van der Waals surface area contributed by atoms with Crippen LogP contribution in [0.4, 0.5) is 0 Å². The van der Waals surface area contributed by atoms with E-state index in [9.17, 15) is 9.59 Å². The number of hydrogen-bond donors (Lipinski definition) is 2. The summed E-state index contributed by atoms with van der Waals surface area (Å²) in [5.41, 5.74) is 1.07. The van der Waals surface area contributed by atoms with Gasteiger partial charge in [-0.2, -0.15) is 0 Å². The lowest BCUT2D eigenvalue weighted by Gasteiger charge is -2.37. The minimum atomic E-state index is -1.43. The number of carbonyl (C=O) groups is 2. The third kappa shape index (κ3) is 4.37. The average Bonchev–Trinajstić information content (AvgIpc) is 2.65. The Balaban J connectivity index is 1.86. The van der Waals surface area contributed by atoms with E-state index in [4.69, 9.17) is 4.74 Å². The smallest absolute Gasteiger partial charge is 0.336 e. The molecule has 0 saturated heterocycles. The molecule has 1 amide bonds. The van der Waals surface area contributed by atoms with Crippen LogP contribution in [0.15, 0.2) is 54.6 Å². The topological polar surface area (TPSA) is 67.4 Å². The molecule has 1 atom stereocenters. The molecule has 2 aromatic rings. The number of amides is 1. The molecule has 0 radical (unpaired) electrons. The van der Waals surface area contributed by atoms with Gasteiger partial charge in [0.25, 0.3) is 5.91 Å². The molecule has 2 aromatic carbocycles. The molecule has 0 bridgehead atoms. The second-order valence-electron chi connectivity index (χ2n) is 7.97. The number of benzene rings is 2. The van der Waals surface area contributed by atoms with Crippen molar-refractivity contribution in [1.82, 2.24) is 10.6 Å². The van der Waals surface area contributed by atoms with Gasteiger partial charge in [-0.3, -0.25) is 10.1 Å². The summed E-state index contributed by atoms with van der Waals surface area (Å²) in [5, 5.41) is 6.10. The van der Waals surface area contributed by atoms with Crippen LogP contribution in [0.1, 0.15) is 37.5 Å². The molecule has 1 aliphatic heterocycles. The number of ether oxygens (including phenoxy) is 1. The summed E-state index contributed by atoms with van der Waals surface area (Å²) in [6.45, 7) is 6.25. The summed E-state index contributed by atoms with van der Waals surface area (Å²) >= 11 is 0. The monoisotopic (exact) mass is 366 g/mol. The number of esters is 1. The van der Waals surface area contributed by atoms with E-state index in [0.29, 0.717) is 6.54 Å². The Morgan fingerprint density at radius 2 is 1.67 bits per heavy atom. The van der Waals surface area contributed by atoms with Gasteiger partial charge in [-0.15, -0.1) is 0 Å². The summed E-state index contributed by atoms with van der Waals surface area (Å²) in [7, 11) is 0. The average molecular weight is 366 g/mol. The van der Waals surface area contributed by atoms with Crippen molar-refractivity contribution in [2.45, 2.75) is 51.4 Å². The molecule has 0 fully saturated rings. The summed E-state index contributed by atoms with van der Waals surface area (Å²) < 4.78 is 5.56. The quantitative estimate of drug-likeness (QED) is 0.645.